The van der Waals surface area contributed by atoms with E-state index in [1.807, 2.05) is 42.9 Å². The third-order valence-electron chi connectivity index (χ3n) is 5.78. The number of carbonyl (C=O) groups excluding carboxylic acids is 1. The molecule has 1 aliphatic carbocycles. The minimum absolute atomic E-state index is 0. The zero-order valence-electron chi connectivity index (χ0n) is 19.0. The van der Waals surface area contributed by atoms with E-state index in [-0.39, 0.29) is 35.8 Å². The van der Waals surface area contributed by atoms with Crippen LogP contribution in [0, 0.1) is 19.8 Å². The van der Waals surface area contributed by atoms with Crippen molar-refractivity contribution in [3.8, 4) is 0 Å². The quantitative estimate of drug-likeness (QED) is 0.283. The zero-order chi connectivity index (χ0) is 21.5. The monoisotopic (exact) mass is 538 g/mol. The molecule has 31 heavy (non-hydrogen) atoms. The van der Waals surface area contributed by atoms with Crippen LogP contribution >= 0.6 is 24.0 Å². The first kappa shape index (κ1) is 25.2. The molecule has 0 unspecified atom stereocenters. The Bertz CT molecular complexity index is 901. The minimum Gasteiger partial charge on any atom is -0.357 e. The highest BCUT2D eigenvalue weighted by Crippen LogP contribution is 2.26. The van der Waals surface area contributed by atoms with Crippen LogP contribution in [0.5, 0.6) is 0 Å². The van der Waals surface area contributed by atoms with Gasteiger partial charge < -0.3 is 16.0 Å². The van der Waals surface area contributed by atoms with Crippen molar-refractivity contribution >= 4 is 41.5 Å². The van der Waals surface area contributed by atoms with Crippen molar-refractivity contribution in [2.24, 2.45) is 18.0 Å². The molecule has 1 aromatic carbocycles. The van der Waals surface area contributed by atoms with Gasteiger partial charge in [0.1, 0.15) is 0 Å². The number of carbonyl (C=O) groups is 1. The van der Waals surface area contributed by atoms with Crippen LogP contribution < -0.4 is 16.0 Å². The summed E-state index contributed by atoms with van der Waals surface area (Å²) in [4.78, 5) is 17.1. The maximum Gasteiger partial charge on any atom is 0.227 e. The highest BCUT2D eigenvalue weighted by molar-refractivity contribution is 14.0. The number of aromatic nitrogens is 2. The molecule has 1 fully saturated rings. The average molecular weight is 538 g/mol. The number of guanidine groups is 1. The molecule has 0 aliphatic heterocycles. The Hall–Kier alpha value is -2.10. The Morgan fingerprint density at radius 1 is 1.23 bits per heavy atom. The molecule has 0 atom stereocenters. The Labute approximate surface area is 202 Å². The maximum atomic E-state index is 12.4. The molecular formula is C23H35IN6O. The molecule has 170 valence electrons. The molecule has 3 rings (SSSR count). The number of hydrogen-bond acceptors (Lipinski definition) is 3. The third kappa shape index (κ3) is 6.95. The molecule has 0 bridgehead atoms. The lowest BCUT2D eigenvalue weighted by molar-refractivity contribution is -0.119. The third-order valence-corrected chi connectivity index (χ3v) is 5.78. The number of aryl methyl sites for hydroxylation is 2. The van der Waals surface area contributed by atoms with E-state index in [2.05, 4.69) is 34.9 Å². The van der Waals surface area contributed by atoms with Crippen LogP contribution in [-0.2, 0) is 24.9 Å². The minimum atomic E-state index is 0. The molecule has 1 heterocycles. The highest BCUT2D eigenvalue weighted by atomic mass is 127. The first-order valence-corrected chi connectivity index (χ1v) is 10.9. The molecule has 1 aromatic heterocycles. The van der Waals surface area contributed by atoms with Crippen LogP contribution in [0.2, 0.25) is 0 Å². The molecular weight excluding hydrogens is 503 g/mol. The van der Waals surface area contributed by atoms with Crippen molar-refractivity contribution in [3.63, 3.8) is 0 Å². The molecule has 0 saturated heterocycles. The number of halogens is 1. The van der Waals surface area contributed by atoms with Gasteiger partial charge in [0, 0.05) is 43.0 Å². The van der Waals surface area contributed by atoms with Crippen LogP contribution in [0.3, 0.4) is 0 Å². The molecule has 1 aliphatic rings. The number of anilines is 1. The fourth-order valence-electron chi connectivity index (χ4n) is 3.94. The van der Waals surface area contributed by atoms with Crippen LogP contribution in [0.1, 0.15) is 55.1 Å². The average Bonchev–Trinajstić information content (AvgIpc) is 3.34. The zero-order valence-corrected chi connectivity index (χ0v) is 21.3. The van der Waals surface area contributed by atoms with Crippen molar-refractivity contribution in [1.29, 1.82) is 0 Å². The van der Waals surface area contributed by atoms with E-state index in [1.54, 1.807) is 0 Å². The van der Waals surface area contributed by atoms with Crippen LogP contribution in [0.15, 0.2) is 29.3 Å². The molecule has 3 N–H and O–H groups in total. The van der Waals surface area contributed by atoms with Crippen LogP contribution in [-0.4, -0.2) is 28.2 Å². The first-order chi connectivity index (χ1) is 14.5. The molecule has 1 amide bonds. The van der Waals surface area contributed by atoms with Gasteiger partial charge in [0.25, 0.3) is 0 Å². The summed E-state index contributed by atoms with van der Waals surface area (Å²) in [6.07, 6.45) is 4.32. The van der Waals surface area contributed by atoms with Crippen molar-refractivity contribution in [2.45, 2.75) is 59.5 Å². The number of nitrogens with zero attached hydrogens (tertiary/aromatic N) is 3. The van der Waals surface area contributed by atoms with E-state index in [0.29, 0.717) is 13.1 Å². The Morgan fingerprint density at radius 3 is 2.61 bits per heavy atom. The number of aliphatic imine (C=N–C) groups is 1. The van der Waals surface area contributed by atoms with E-state index in [4.69, 9.17) is 4.99 Å². The number of rotatable bonds is 7. The predicted molar refractivity (Wildman–Crippen MR) is 137 cm³/mol. The molecule has 0 spiro atoms. The standard InChI is InChI=1S/C23H34N6O.HI/c1-5-24-23(26-15-21-16(2)28-29(4)17(21)3)25-14-18-9-8-12-20(13-18)27-22(30)19-10-6-7-11-19;/h8-9,12-13,19H,5-7,10-11,14-15H2,1-4H3,(H,27,30)(H2,24,25,26);1H. The van der Waals surface area contributed by atoms with Gasteiger partial charge in [-0.15, -0.1) is 24.0 Å². The van der Waals surface area contributed by atoms with Gasteiger partial charge in [-0.05, 0) is 51.3 Å². The topological polar surface area (TPSA) is 83.3 Å². The van der Waals surface area contributed by atoms with Gasteiger partial charge in [0.15, 0.2) is 5.96 Å². The Kier molecular flexibility index (Phi) is 9.80. The molecule has 7 nitrogen and oxygen atoms in total. The van der Waals surface area contributed by atoms with Gasteiger partial charge in [-0.3, -0.25) is 9.48 Å². The van der Waals surface area contributed by atoms with Crippen molar-refractivity contribution in [2.75, 3.05) is 11.9 Å². The van der Waals surface area contributed by atoms with Gasteiger partial charge in [-0.1, -0.05) is 25.0 Å². The second-order valence-corrected chi connectivity index (χ2v) is 7.99. The number of amides is 1. The number of nitrogens with one attached hydrogen (secondary N) is 3. The van der Waals surface area contributed by atoms with Gasteiger partial charge in [0.2, 0.25) is 5.91 Å². The molecule has 8 heteroatoms. The van der Waals surface area contributed by atoms with Gasteiger partial charge in [-0.2, -0.15) is 5.10 Å². The van der Waals surface area contributed by atoms with E-state index in [1.165, 1.54) is 5.56 Å². The lowest BCUT2D eigenvalue weighted by Gasteiger charge is -2.13. The van der Waals surface area contributed by atoms with E-state index in [9.17, 15) is 4.79 Å². The maximum absolute atomic E-state index is 12.4. The summed E-state index contributed by atoms with van der Waals surface area (Å²) in [5.41, 5.74) is 5.29. The van der Waals surface area contributed by atoms with Crippen LogP contribution in [0.4, 0.5) is 5.69 Å². The van der Waals surface area contributed by atoms with Crippen molar-refractivity contribution in [3.05, 3.63) is 46.8 Å². The summed E-state index contributed by atoms with van der Waals surface area (Å²) in [5, 5.41) is 14.2. The van der Waals surface area contributed by atoms with Gasteiger partial charge in [0.05, 0.1) is 12.2 Å². The second kappa shape index (κ2) is 12.1. The Balaban J connectivity index is 0.00000341. The fraction of sp³-hybridized carbons (Fsp3) is 0.522. The second-order valence-electron chi connectivity index (χ2n) is 7.99. The SMILES string of the molecule is CCNC(=NCc1cccc(NC(=O)C2CCCC2)c1)NCc1c(C)nn(C)c1C.I. The molecule has 0 radical (unpaired) electrons. The predicted octanol–water partition coefficient (Wildman–Crippen LogP) is 4.04. The highest BCUT2D eigenvalue weighted by Gasteiger charge is 2.22. The summed E-state index contributed by atoms with van der Waals surface area (Å²) >= 11 is 0. The summed E-state index contributed by atoms with van der Waals surface area (Å²) in [5.74, 6) is 1.07. The van der Waals surface area contributed by atoms with Crippen molar-refractivity contribution in [1.82, 2.24) is 20.4 Å². The normalized spacial score (nSPS) is 14.3. The Morgan fingerprint density at radius 2 is 1.97 bits per heavy atom. The van der Waals surface area contributed by atoms with Crippen LogP contribution in [0.25, 0.3) is 0 Å². The van der Waals surface area contributed by atoms with E-state index in [0.717, 1.165) is 60.8 Å². The summed E-state index contributed by atoms with van der Waals surface area (Å²) < 4.78 is 1.90. The smallest absolute Gasteiger partial charge is 0.227 e. The summed E-state index contributed by atoms with van der Waals surface area (Å²) in [7, 11) is 1.96. The number of hydrogen-bond donors (Lipinski definition) is 3. The lowest BCUT2D eigenvalue weighted by atomic mass is 10.1. The fourth-order valence-corrected chi connectivity index (χ4v) is 3.94. The van der Waals surface area contributed by atoms with Gasteiger partial charge in [-0.25, -0.2) is 4.99 Å². The molecule has 1 saturated carbocycles. The summed E-state index contributed by atoms with van der Waals surface area (Å²) in [6.45, 7) is 8.15. The lowest BCUT2D eigenvalue weighted by Crippen LogP contribution is -2.37. The number of benzene rings is 1. The first-order valence-electron chi connectivity index (χ1n) is 10.9. The summed E-state index contributed by atoms with van der Waals surface area (Å²) in [6, 6.07) is 7.96. The van der Waals surface area contributed by atoms with E-state index < -0.39 is 0 Å². The van der Waals surface area contributed by atoms with Crippen molar-refractivity contribution < 1.29 is 4.79 Å². The largest absolute Gasteiger partial charge is 0.357 e. The van der Waals surface area contributed by atoms with E-state index >= 15 is 0 Å². The molecule has 2 aromatic rings. The van der Waals surface area contributed by atoms with Gasteiger partial charge >= 0.3 is 0 Å².